The number of hydrogen-bond acceptors (Lipinski definition) is 4. The Hall–Kier alpha value is -5.90. The van der Waals surface area contributed by atoms with Crippen molar-refractivity contribution in [2.24, 2.45) is 5.41 Å². The van der Waals surface area contributed by atoms with E-state index >= 15 is 0 Å². The summed E-state index contributed by atoms with van der Waals surface area (Å²) in [5.74, 6) is 2.06. The molecule has 0 atom stereocenters. The third kappa shape index (κ3) is 9.96. The number of pyridine rings is 1. The molecule has 6 aromatic carbocycles. The van der Waals surface area contributed by atoms with Crippen LogP contribution in [0.2, 0.25) is 0 Å². The van der Waals surface area contributed by atoms with Crippen LogP contribution in [-0.4, -0.2) is 9.55 Å². The van der Waals surface area contributed by atoms with Crippen LogP contribution in [0.3, 0.4) is 0 Å². The smallest absolute Gasteiger partial charge is 0.135 e. The van der Waals surface area contributed by atoms with Crippen molar-refractivity contribution >= 4 is 33.2 Å². The molecule has 8 aromatic rings. The average Bonchev–Trinajstić information content (AvgIpc) is 3.89. The molecule has 0 amide bonds. The summed E-state index contributed by atoms with van der Waals surface area (Å²) >= 11 is 0. The summed E-state index contributed by atoms with van der Waals surface area (Å²) in [5.41, 5.74) is 13.0. The van der Waals surface area contributed by atoms with E-state index in [9.17, 15) is 0 Å². The maximum absolute atomic E-state index is 7.04. The second-order valence-corrected chi connectivity index (χ2v) is 23.3. The fraction of sp³-hybridized carbons (Fsp3) is 0.302. The minimum absolute atomic E-state index is 0. The van der Waals surface area contributed by atoms with Crippen LogP contribution in [0.25, 0.3) is 38.8 Å². The first kappa shape index (κ1) is 49.5. The van der Waals surface area contributed by atoms with Gasteiger partial charge in [-0.05, 0) is 97.0 Å². The molecule has 0 spiro atoms. The standard InChI is InChI=1S/C63H67N4O.Pt/c1-59(2,3)45-29-30-64-58(37-45)67-55-28-25-43(42-21-17-15-18-22-42)31-54(55)53-27-26-51(39-56(53)67)68-52-36-48(63(13,14)44-23-19-16-20-24-44)35-50(38-52)66-41-65(40-57(66)62(10,11)12)49-33-46(60(4,5)6)32-47(34-49)61(7,8)9;/h15-37,40-41H,1-14H3;/q-3;. The van der Waals surface area contributed by atoms with Crippen molar-refractivity contribution in [3.8, 4) is 28.4 Å². The largest absolute Gasteiger partial charge is 0.509 e. The first-order valence-corrected chi connectivity index (χ1v) is 24.1. The van der Waals surface area contributed by atoms with E-state index in [4.69, 9.17) is 9.72 Å². The quantitative estimate of drug-likeness (QED) is 0.142. The minimum Gasteiger partial charge on any atom is -0.509 e. The van der Waals surface area contributed by atoms with Crippen molar-refractivity contribution in [2.75, 3.05) is 9.80 Å². The predicted octanol–water partition coefficient (Wildman–Crippen LogP) is 16.8. The molecule has 6 heteroatoms. The molecule has 0 saturated carbocycles. The summed E-state index contributed by atoms with van der Waals surface area (Å²) in [6.45, 7) is 34.1. The molecule has 0 unspecified atom stereocenters. The molecule has 3 heterocycles. The number of nitrogens with zero attached hydrogens (tertiary/aromatic N) is 4. The summed E-state index contributed by atoms with van der Waals surface area (Å²) < 4.78 is 9.27. The van der Waals surface area contributed by atoms with Crippen molar-refractivity contribution in [2.45, 2.75) is 119 Å². The maximum atomic E-state index is 7.04. The molecule has 0 fully saturated rings. The molecule has 358 valence electrons. The van der Waals surface area contributed by atoms with E-state index in [1.54, 1.807) is 0 Å². The third-order valence-corrected chi connectivity index (χ3v) is 13.6. The van der Waals surface area contributed by atoms with Gasteiger partial charge in [0.15, 0.2) is 0 Å². The second-order valence-electron chi connectivity index (χ2n) is 23.3. The monoisotopic (exact) mass is 1090 g/mol. The van der Waals surface area contributed by atoms with Gasteiger partial charge in [0.2, 0.25) is 0 Å². The number of aromatic nitrogens is 2. The predicted molar refractivity (Wildman–Crippen MR) is 286 cm³/mol. The van der Waals surface area contributed by atoms with Gasteiger partial charge in [-0.15, -0.1) is 53.6 Å². The Labute approximate surface area is 426 Å². The summed E-state index contributed by atoms with van der Waals surface area (Å²) in [6.07, 6.45) is 4.22. The van der Waals surface area contributed by atoms with Crippen LogP contribution in [-0.2, 0) is 42.7 Å². The number of rotatable bonds is 8. The Kier molecular flexibility index (Phi) is 13.0. The fourth-order valence-electron chi connectivity index (χ4n) is 9.18. The van der Waals surface area contributed by atoms with Crippen LogP contribution in [0.1, 0.15) is 125 Å². The van der Waals surface area contributed by atoms with E-state index in [0.29, 0.717) is 11.5 Å². The van der Waals surface area contributed by atoms with E-state index < -0.39 is 0 Å². The molecular weight excluding hydrogens is 1020 g/mol. The van der Waals surface area contributed by atoms with Crippen LogP contribution < -0.4 is 14.5 Å². The number of ether oxygens (including phenoxy) is 1. The molecular formula is C63H67N4OPt-3. The van der Waals surface area contributed by atoms with Gasteiger partial charge in [0.1, 0.15) is 5.82 Å². The number of hydrogen-bond donors (Lipinski definition) is 0. The van der Waals surface area contributed by atoms with Gasteiger partial charge in [-0.2, -0.15) is 6.07 Å². The SMILES string of the molecule is CC(C)(C)C1=CN(c2cc(C(C)(C)C)cc(C(C)(C)C)c2)[CH-]N1c1[c-]c(Oc2[c-]c3c(cc2)c2cc(-c4ccccc4)ccc2n3-c2cc(C(C)(C)C)ccn2)cc(C(C)(C)c2ccccc2)c1.[Pt]. The molecule has 2 aromatic heterocycles. The van der Waals surface area contributed by atoms with Gasteiger partial charge in [0, 0.05) is 61.1 Å². The fourth-order valence-corrected chi connectivity index (χ4v) is 9.18. The summed E-state index contributed by atoms with van der Waals surface area (Å²) in [4.78, 5) is 9.58. The van der Waals surface area contributed by atoms with Gasteiger partial charge in [-0.1, -0.05) is 181 Å². The van der Waals surface area contributed by atoms with E-state index in [1.807, 2.05) is 12.3 Å². The Morgan fingerprint density at radius 3 is 1.77 bits per heavy atom. The van der Waals surface area contributed by atoms with Crippen LogP contribution in [0.4, 0.5) is 11.4 Å². The molecule has 5 nitrogen and oxygen atoms in total. The Morgan fingerprint density at radius 1 is 0.507 bits per heavy atom. The van der Waals surface area contributed by atoms with Gasteiger partial charge in [0.25, 0.3) is 0 Å². The van der Waals surface area contributed by atoms with Crippen LogP contribution >= 0.6 is 0 Å². The zero-order chi connectivity index (χ0) is 48.6. The Morgan fingerprint density at radius 2 is 1.14 bits per heavy atom. The molecule has 0 saturated heterocycles. The second kappa shape index (κ2) is 18.1. The van der Waals surface area contributed by atoms with Gasteiger partial charge in [0.05, 0.1) is 0 Å². The molecule has 1 aliphatic rings. The van der Waals surface area contributed by atoms with Gasteiger partial charge < -0.3 is 19.1 Å². The van der Waals surface area contributed by atoms with Gasteiger partial charge in [-0.25, -0.2) is 4.98 Å². The topological polar surface area (TPSA) is 33.5 Å². The van der Waals surface area contributed by atoms with Crippen molar-refractivity contribution in [1.82, 2.24) is 9.55 Å². The maximum Gasteiger partial charge on any atom is 0.135 e. The van der Waals surface area contributed by atoms with Gasteiger partial charge in [-0.3, -0.25) is 0 Å². The number of benzene rings is 6. The molecule has 9 rings (SSSR count). The summed E-state index contributed by atoms with van der Waals surface area (Å²) in [7, 11) is 0. The molecule has 69 heavy (non-hydrogen) atoms. The molecule has 0 radical (unpaired) electrons. The molecule has 0 N–H and O–H groups in total. The summed E-state index contributed by atoms with van der Waals surface area (Å²) in [6, 6.07) is 55.6. The number of allylic oxidation sites excluding steroid dienone is 1. The Bertz CT molecular complexity index is 3160. The first-order valence-electron chi connectivity index (χ1n) is 24.1. The number of fused-ring (bicyclic) bond motifs is 3. The molecule has 0 aliphatic carbocycles. The molecule has 1 aliphatic heterocycles. The van der Waals surface area contributed by atoms with Crippen molar-refractivity contribution in [3.63, 3.8) is 0 Å². The Balaban J connectivity index is 0.00000642. The minimum atomic E-state index is -0.364. The number of anilines is 2. The van der Waals surface area contributed by atoms with Crippen LogP contribution in [0.15, 0.2) is 152 Å². The summed E-state index contributed by atoms with van der Waals surface area (Å²) in [5, 5.41) is 2.21. The zero-order valence-electron chi connectivity index (χ0n) is 42.9. The zero-order valence-corrected chi connectivity index (χ0v) is 45.2. The van der Waals surface area contributed by atoms with Crippen molar-refractivity contribution < 1.29 is 25.8 Å². The van der Waals surface area contributed by atoms with Gasteiger partial charge >= 0.3 is 0 Å². The van der Waals surface area contributed by atoms with Crippen molar-refractivity contribution in [3.05, 3.63) is 198 Å². The van der Waals surface area contributed by atoms with Crippen LogP contribution in [0, 0.1) is 24.2 Å². The average molecular weight is 1090 g/mol. The molecule has 0 bridgehead atoms. The normalized spacial score (nSPS) is 13.8. The van der Waals surface area contributed by atoms with Crippen LogP contribution in [0.5, 0.6) is 11.5 Å². The first-order chi connectivity index (χ1) is 31.9. The van der Waals surface area contributed by atoms with E-state index in [-0.39, 0.29) is 48.1 Å². The van der Waals surface area contributed by atoms with E-state index in [0.717, 1.165) is 55.8 Å². The van der Waals surface area contributed by atoms with E-state index in [1.165, 1.54) is 27.8 Å². The van der Waals surface area contributed by atoms with Crippen molar-refractivity contribution in [1.29, 1.82) is 0 Å². The van der Waals surface area contributed by atoms with E-state index in [2.05, 4.69) is 264 Å². The third-order valence-electron chi connectivity index (χ3n) is 13.6.